The number of hydrogen-bond acceptors (Lipinski definition) is 8. The third-order valence-electron chi connectivity index (χ3n) is 4.33. The largest absolute Gasteiger partial charge is 0.387 e. The van der Waals surface area contributed by atoms with E-state index in [-0.39, 0.29) is 11.2 Å². The summed E-state index contributed by atoms with van der Waals surface area (Å²) in [7, 11) is 2.70. The highest BCUT2D eigenvalue weighted by atomic mass is 16.6. The van der Waals surface area contributed by atoms with Crippen LogP contribution in [0.3, 0.4) is 0 Å². The third-order valence-corrected chi connectivity index (χ3v) is 4.33. The predicted molar refractivity (Wildman–Crippen MR) is 81.3 cm³/mol. The van der Waals surface area contributed by atoms with Gasteiger partial charge in [-0.2, -0.15) is 0 Å². The molecule has 2 aromatic heterocycles. The molecule has 0 unspecified atom stereocenters. The zero-order chi connectivity index (χ0) is 18.6. The molecule has 12 nitrogen and oxygen atoms in total. The monoisotopic (exact) mass is 355 g/mol. The van der Waals surface area contributed by atoms with Crippen LogP contribution in [0, 0.1) is 0 Å². The summed E-state index contributed by atoms with van der Waals surface area (Å²) in [5, 5.41) is 30.0. The number of carbonyl (C=O) groups excluding carboxylic acids is 1. The smallest absolute Gasteiger partial charge is 0.332 e. The summed E-state index contributed by atoms with van der Waals surface area (Å²) >= 11 is 0. The Bertz CT molecular complexity index is 960. The lowest BCUT2D eigenvalue weighted by Crippen LogP contribution is -2.45. The van der Waals surface area contributed by atoms with Crippen molar-refractivity contribution in [2.75, 3.05) is 0 Å². The molecule has 0 aromatic carbocycles. The Balaban J connectivity index is 2.13. The van der Waals surface area contributed by atoms with Crippen LogP contribution < -0.4 is 17.0 Å². The van der Waals surface area contributed by atoms with E-state index in [4.69, 9.17) is 10.5 Å². The van der Waals surface area contributed by atoms with Crippen LogP contribution in [0.4, 0.5) is 0 Å². The highest BCUT2D eigenvalue weighted by Gasteiger charge is 2.48. The van der Waals surface area contributed by atoms with E-state index in [9.17, 15) is 29.7 Å². The number of hydrogen-bond donors (Lipinski definition) is 4. The number of rotatable bonds is 3. The van der Waals surface area contributed by atoms with Crippen molar-refractivity contribution in [3.63, 3.8) is 0 Å². The van der Waals surface area contributed by atoms with Crippen molar-refractivity contribution in [3.8, 4) is 0 Å². The van der Waals surface area contributed by atoms with Crippen molar-refractivity contribution < 1.29 is 24.9 Å². The normalized spacial score (nSPS) is 27.7. The molecule has 136 valence electrons. The van der Waals surface area contributed by atoms with Gasteiger partial charge in [-0.05, 0) is 0 Å². The molecule has 1 saturated heterocycles. The number of aromatic nitrogens is 4. The molecule has 2 aromatic rings. The molecule has 1 amide bonds. The lowest BCUT2D eigenvalue weighted by atomic mass is 10.1. The fourth-order valence-corrected chi connectivity index (χ4v) is 2.90. The van der Waals surface area contributed by atoms with Gasteiger partial charge in [0, 0.05) is 14.1 Å². The quantitative estimate of drug-likeness (QED) is 0.429. The van der Waals surface area contributed by atoms with Crippen LogP contribution in [-0.2, 0) is 23.6 Å². The minimum atomic E-state index is -1.85. The van der Waals surface area contributed by atoms with E-state index in [2.05, 4.69) is 4.98 Å². The second-order valence-electron chi connectivity index (χ2n) is 5.85. The molecule has 0 spiro atoms. The van der Waals surface area contributed by atoms with Crippen molar-refractivity contribution in [3.05, 3.63) is 27.2 Å². The van der Waals surface area contributed by atoms with Crippen molar-refractivity contribution in [1.82, 2.24) is 18.7 Å². The molecule has 0 radical (unpaired) electrons. The van der Waals surface area contributed by atoms with E-state index >= 15 is 0 Å². The van der Waals surface area contributed by atoms with Crippen LogP contribution in [0.15, 0.2) is 15.9 Å². The van der Waals surface area contributed by atoms with Gasteiger partial charge in [0.25, 0.3) is 5.56 Å². The molecule has 0 bridgehead atoms. The molecule has 1 aliphatic rings. The Morgan fingerprint density at radius 2 is 1.92 bits per heavy atom. The second kappa shape index (κ2) is 5.77. The molecule has 25 heavy (non-hydrogen) atoms. The molecule has 1 fully saturated rings. The van der Waals surface area contributed by atoms with Crippen LogP contribution in [0.2, 0.25) is 0 Å². The molecule has 0 aliphatic carbocycles. The van der Waals surface area contributed by atoms with Crippen molar-refractivity contribution in [2.45, 2.75) is 30.6 Å². The van der Waals surface area contributed by atoms with Crippen molar-refractivity contribution >= 4 is 17.1 Å². The number of aryl methyl sites for hydroxylation is 1. The van der Waals surface area contributed by atoms with Crippen molar-refractivity contribution in [1.29, 1.82) is 0 Å². The Kier molecular flexibility index (Phi) is 3.99. The summed E-state index contributed by atoms with van der Waals surface area (Å²) in [4.78, 5) is 39.4. The summed E-state index contributed by atoms with van der Waals surface area (Å²) in [5.74, 6) is -1.13. The summed E-state index contributed by atoms with van der Waals surface area (Å²) in [5.41, 5.74) is 3.73. The molecular formula is C13H17N5O7. The molecule has 12 heteroatoms. The minimum absolute atomic E-state index is 0.0462. The Morgan fingerprint density at radius 1 is 1.28 bits per heavy atom. The number of ether oxygens (including phenoxy) is 1. The highest BCUT2D eigenvalue weighted by molar-refractivity contribution is 5.79. The first kappa shape index (κ1) is 17.3. The standard InChI is InChI=1S/C13H17N5O7/c1-16-10-4(11(23)17(2)13(16)24)18(3-15-10)12-6(20)5(19)8(25-12)7(21)9(14)22/h3,5-8,12,19-21H,1-2H3,(H2,14,22)/t5-,6+,7+,8+,12-/m1/s1. The van der Waals surface area contributed by atoms with Crippen LogP contribution in [-0.4, -0.2) is 64.3 Å². The molecule has 5 N–H and O–H groups in total. The second-order valence-corrected chi connectivity index (χ2v) is 5.85. The van der Waals surface area contributed by atoms with Crippen LogP contribution >= 0.6 is 0 Å². The van der Waals surface area contributed by atoms with Gasteiger partial charge in [-0.3, -0.25) is 23.3 Å². The zero-order valence-electron chi connectivity index (χ0n) is 13.3. The van der Waals surface area contributed by atoms with Gasteiger partial charge in [0.2, 0.25) is 5.91 Å². The van der Waals surface area contributed by atoms with E-state index in [0.29, 0.717) is 0 Å². The van der Waals surface area contributed by atoms with E-state index in [1.807, 2.05) is 0 Å². The van der Waals surface area contributed by atoms with Gasteiger partial charge in [0.15, 0.2) is 23.5 Å². The van der Waals surface area contributed by atoms with Crippen molar-refractivity contribution in [2.24, 2.45) is 19.8 Å². The SMILES string of the molecule is Cn1c(=O)c2c(ncn2[C@@H]2O[C@H]([C@H](O)C(N)=O)[C@H](O)[C@@H]2O)n(C)c1=O. The Hall–Kier alpha value is -2.54. The molecule has 3 heterocycles. The van der Waals surface area contributed by atoms with E-state index < -0.39 is 47.8 Å². The van der Waals surface area contributed by atoms with Gasteiger partial charge in [-0.15, -0.1) is 0 Å². The number of nitrogens with zero attached hydrogens (tertiary/aromatic N) is 4. The maximum atomic E-state index is 12.4. The number of primary amides is 1. The first-order valence-electron chi connectivity index (χ1n) is 7.28. The number of nitrogens with two attached hydrogens (primary N) is 1. The average molecular weight is 355 g/mol. The third kappa shape index (κ3) is 2.38. The molecular weight excluding hydrogens is 338 g/mol. The Morgan fingerprint density at radius 3 is 2.52 bits per heavy atom. The number of amides is 1. The van der Waals surface area contributed by atoms with Gasteiger partial charge < -0.3 is 25.8 Å². The van der Waals surface area contributed by atoms with E-state index in [1.54, 1.807) is 0 Å². The number of aliphatic hydroxyl groups is 3. The van der Waals surface area contributed by atoms with E-state index in [1.165, 1.54) is 14.1 Å². The Labute approximate surface area is 139 Å². The maximum Gasteiger partial charge on any atom is 0.332 e. The fraction of sp³-hybridized carbons (Fsp3) is 0.538. The summed E-state index contributed by atoms with van der Waals surface area (Å²) in [6.07, 6.45) is -6.68. The summed E-state index contributed by atoms with van der Waals surface area (Å²) in [6.45, 7) is 0. The number of carbonyl (C=O) groups is 1. The lowest BCUT2D eigenvalue weighted by molar-refractivity contribution is -0.140. The number of imidazole rings is 1. The van der Waals surface area contributed by atoms with Gasteiger partial charge in [-0.1, -0.05) is 0 Å². The zero-order valence-corrected chi connectivity index (χ0v) is 13.3. The van der Waals surface area contributed by atoms with Crippen LogP contribution in [0.1, 0.15) is 6.23 Å². The molecule has 1 aliphatic heterocycles. The van der Waals surface area contributed by atoms with Gasteiger partial charge in [0.05, 0.1) is 6.33 Å². The minimum Gasteiger partial charge on any atom is -0.387 e. The number of fused-ring (bicyclic) bond motifs is 1. The first-order valence-corrected chi connectivity index (χ1v) is 7.28. The molecule has 5 atom stereocenters. The molecule has 0 saturated carbocycles. The van der Waals surface area contributed by atoms with Gasteiger partial charge >= 0.3 is 5.69 Å². The van der Waals surface area contributed by atoms with Crippen LogP contribution in [0.5, 0.6) is 0 Å². The van der Waals surface area contributed by atoms with Gasteiger partial charge in [-0.25, -0.2) is 9.78 Å². The van der Waals surface area contributed by atoms with Crippen LogP contribution in [0.25, 0.3) is 11.2 Å². The van der Waals surface area contributed by atoms with E-state index in [0.717, 1.165) is 20.0 Å². The fourth-order valence-electron chi connectivity index (χ4n) is 2.90. The predicted octanol–water partition coefficient (Wildman–Crippen LogP) is -4.10. The average Bonchev–Trinajstić information content (AvgIpc) is 3.13. The summed E-state index contributed by atoms with van der Waals surface area (Å²) in [6, 6.07) is 0. The number of aliphatic hydroxyl groups excluding tert-OH is 3. The summed E-state index contributed by atoms with van der Waals surface area (Å²) < 4.78 is 8.50. The highest BCUT2D eigenvalue weighted by Crippen LogP contribution is 2.32. The maximum absolute atomic E-state index is 12.4. The van der Waals surface area contributed by atoms with Gasteiger partial charge in [0.1, 0.15) is 18.3 Å². The first-order chi connectivity index (χ1) is 11.7. The molecule has 3 rings (SSSR count). The topological polar surface area (TPSA) is 175 Å². The lowest BCUT2D eigenvalue weighted by Gasteiger charge is -2.18.